The number of anilines is 1. The lowest BCUT2D eigenvalue weighted by Crippen LogP contribution is -2.24. The van der Waals surface area contributed by atoms with Crippen LogP contribution in [0.3, 0.4) is 0 Å². The van der Waals surface area contributed by atoms with Crippen LogP contribution < -0.4 is 15.8 Å². The van der Waals surface area contributed by atoms with Gasteiger partial charge in [0.1, 0.15) is 5.70 Å². The van der Waals surface area contributed by atoms with Crippen molar-refractivity contribution in [3.63, 3.8) is 0 Å². The molecule has 1 aromatic rings. The van der Waals surface area contributed by atoms with Crippen LogP contribution in [-0.4, -0.2) is 6.34 Å². The minimum absolute atomic E-state index is 0.933. The van der Waals surface area contributed by atoms with Gasteiger partial charge in [-0.15, -0.1) is 0 Å². The average molecular weight is 198 g/mol. The number of rotatable bonds is 1. The Bertz CT molecular complexity index is 459. The van der Waals surface area contributed by atoms with Gasteiger partial charge in [0.2, 0.25) is 0 Å². The second-order valence-electron chi connectivity index (χ2n) is 3.33. The molecule has 1 aromatic carbocycles. The van der Waals surface area contributed by atoms with E-state index in [0.717, 1.165) is 17.1 Å². The molecule has 0 saturated carbocycles. The van der Waals surface area contributed by atoms with Crippen molar-refractivity contribution in [1.29, 1.82) is 0 Å². The van der Waals surface area contributed by atoms with E-state index in [1.807, 2.05) is 47.6 Å². The number of aliphatic imine (C=N–C) groups is 1. The van der Waals surface area contributed by atoms with Gasteiger partial charge in [-0.25, -0.2) is 4.99 Å². The lowest BCUT2D eigenvalue weighted by Gasteiger charge is -2.19. The highest BCUT2D eigenvalue weighted by molar-refractivity contribution is 5.84. The third-order valence-corrected chi connectivity index (χ3v) is 2.34. The first-order valence-corrected chi connectivity index (χ1v) is 4.75. The highest BCUT2D eigenvalue weighted by Gasteiger charge is 2.15. The monoisotopic (exact) mass is 198 g/mol. The summed E-state index contributed by atoms with van der Waals surface area (Å²) in [6.45, 7) is 0. The molecule has 74 valence electrons. The molecular weight excluding hydrogens is 188 g/mol. The smallest absolute Gasteiger partial charge is 0.109 e. The molecule has 15 heavy (non-hydrogen) atoms. The number of hydrogen-bond donors (Lipinski definition) is 2. The van der Waals surface area contributed by atoms with E-state index in [1.165, 1.54) is 0 Å². The van der Waals surface area contributed by atoms with E-state index in [9.17, 15) is 0 Å². The Hall–Kier alpha value is -2.23. The van der Waals surface area contributed by atoms with Crippen molar-refractivity contribution < 1.29 is 0 Å². The van der Waals surface area contributed by atoms with Crippen molar-refractivity contribution in [2.45, 2.75) is 0 Å². The fraction of sp³-hybridized carbons (Fsp3) is 0. The van der Waals surface area contributed by atoms with Crippen LogP contribution in [0.15, 0.2) is 59.1 Å². The van der Waals surface area contributed by atoms with E-state index >= 15 is 0 Å². The zero-order valence-corrected chi connectivity index (χ0v) is 8.01. The molecule has 0 spiro atoms. The lowest BCUT2D eigenvalue weighted by molar-refractivity contribution is 0.780. The third-order valence-electron chi connectivity index (χ3n) is 2.34. The highest BCUT2D eigenvalue weighted by atomic mass is 15.4. The molecule has 0 aliphatic carbocycles. The molecule has 4 nitrogen and oxygen atoms in total. The van der Waals surface area contributed by atoms with Crippen LogP contribution in [0.5, 0.6) is 0 Å². The topological polar surface area (TPSA) is 39.7 Å². The third kappa shape index (κ3) is 1.36. The molecule has 2 aliphatic rings. The highest BCUT2D eigenvalue weighted by Crippen LogP contribution is 2.20. The van der Waals surface area contributed by atoms with E-state index in [2.05, 4.69) is 15.8 Å². The molecule has 0 fully saturated rings. The van der Waals surface area contributed by atoms with Crippen LogP contribution in [-0.2, 0) is 0 Å². The summed E-state index contributed by atoms with van der Waals surface area (Å²) >= 11 is 0. The summed E-state index contributed by atoms with van der Waals surface area (Å²) in [6, 6.07) is 10.1. The summed E-state index contributed by atoms with van der Waals surface area (Å²) in [6.07, 6.45) is 5.65. The Morgan fingerprint density at radius 1 is 1.13 bits per heavy atom. The normalized spacial score (nSPS) is 17.5. The molecule has 0 saturated heterocycles. The average Bonchev–Trinajstić information content (AvgIpc) is 2.77. The standard InChI is InChI=1S/C11H10N4/c1-2-4-9(5-3-1)15-7-11-10(12-8-15)6-13-14-11/h1-8,13-14H. The van der Waals surface area contributed by atoms with Crippen LogP contribution in [0.1, 0.15) is 0 Å². The SMILES string of the molecule is C1=NC2=CNNC2=CN1c1ccccc1. The van der Waals surface area contributed by atoms with Crippen molar-refractivity contribution in [2.24, 2.45) is 4.99 Å². The van der Waals surface area contributed by atoms with Crippen LogP contribution in [0.4, 0.5) is 5.69 Å². The second-order valence-corrected chi connectivity index (χ2v) is 3.33. The maximum atomic E-state index is 4.32. The van der Waals surface area contributed by atoms with Gasteiger partial charge in [-0.2, -0.15) is 0 Å². The lowest BCUT2D eigenvalue weighted by atomic mass is 10.3. The van der Waals surface area contributed by atoms with E-state index < -0.39 is 0 Å². The van der Waals surface area contributed by atoms with Gasteiger partial charge in [-0.3, -0.25) is 5.43 Å². The molecule has 2 heterocycles. The van der Waals surface area contributed by atoms with Crippen molar-refractivity contribution in [3.8, 4) is 0 Å². The summed E-state index contributed by atoms with van der Waals surface area (Å²) in [5.41, 5.74) is 8.96. The summed E-state index contributed by atoms with van der Waals surface area (Å²) in [7, 11) is 0. The van der Waals surface area contributed by atoms with Gasteiger partial charge < -0.3 is 10.3 Å². The Balaban J connectivity index is 1.95. The quantitative estimate of drug-likeness (QED) is 0.715. The summed E-state index contributed by atoms with van der Waals surface area (Å²) < 4.78 is 0. The number of benzene rings is 1. The van der Waals surface area contributed by atoms with Gasteiger partial charge in [0, 0.05) is 18.1 Å². The van der Waals surface area contributed by atoms with Crippen LogP contribution in [0, 0.1) is 0 Å². The Morgan fingerprint density at radius 2 is 2.00 bits per heavy atom. The number of para-hydroxylation sites is 1. The maximum Gasteiger partial charge on any atom is 0.109 e. The van der Waals surface area contributed by atoms with E-state index in [-0.39, 0.29) is 0 Å². The molecule has 0 unspecified atom stereocenters. The van der Waals surface area contributed by atoms with E-state index in [1.54, 1.807) is 6.34 Å². The number of nitrogens with one attached hydrogen (secondary N) is 2. The zero-order valence-electron chi connectivity index (χ0n) is 8.01. The van der Waals surface area contributed by atoms with Crippen molar-refractivity contribution in [3.05, 3.63) is 54.1 Å². The first kappa shape index (κ1) is 8.11. The molecule has 0 bridgehead atoms. The summed E-state index contributed by atoms with van der Waals surface area (Å²) in [5.74, 6) is 0. The van der Waals surface area contributed by atoms with Gasteiger partial charge in [0.25, 0.3) is 0 Å². The molecule has 0 radical (unpaired) electrons. The van der Waals surface area contributed by atoms with Crippen LogP contribution >= 0.6 is 0 Å². The first-order valence-electron chi connectivity index (χ1n) is 4.75. The second kappa shape index (κ2) is 3.16. The number of nitrogens with zero attached hydrogens (tertiary/aromatic N) is 2. The van der Waals surface area contributed by atoms with Gasteiger partial charge in [-0.05, 0) is 12.1 Å². The minimum Gasteiger partial charge on any atom is -0.306 e. The van der Waals surface area contributed by atoms with Crippen molar-refractivity contribution in [1.82, 2.24) is 10.9 Å². The summed E-state index contributed by atoms with van der Waals surface area (Å²) in [5, 5.41) is 0. The van der Waals surface area contributed by atoms with E-state index in [0.29, 0.717) is 0 Å². The van der Waals surface area contributed by atoms with Gasteiger partial charge >= 0.3 is 0 Å². The fourth-order valence-electron chi connectivity index (χ4n) is 1.57. The molecule has 0 aromatic heterocycles. The van der Waals surface area contributed by atoms with Gasteiger partial charge in [-0.1, -0.05) is 18.2 Å². The number of fused-ring (bicyclic) bond motifs is 1. The number of hydrazine groups is 1. The zero-order chi connectivity index (χ0) is 10.1. The maximum absolute atomic E-state index is 4.32. The number of hydrogen-bond acceptors (Lipinski definition) is 4. The van der Waals surface area contributed by atoms with Crippen molar-refractivity contribution >= 4 is 12.0 Å². The van der Waals surface area contributed by atoms with Crippen LogP contribution in [0.25, 0.3) is 0 Å². The first-order chi connectivity index (χ1) is 7.43. The molecule has 0 amide bonds. The minimum atomic E-state index is 0.933. The van der Waals surface area contributed by atoms with Gasteiger partial charge in [0.05, 0.1) is 12.0 Å². The fourth-order valence-corrected chi connectivity index (χ4v) is 1.57. The molecule has 4 heteroatoms. The predicted molar refractivity (Wildman–Crippen MR) is 59.9 cm³/mol. The predicted octanol–water partition coefficient (Wildman–Crippen LogP) is 1.33. The molecule has 3 rings (SSSR count). The van der Waals surface area contributed by atoms with E-state index in [4.69, 9.17) is 0 Å². The largest absolute Gasteiger partial charge is 0.306 e. The summed E-state index contributed by atoms with van der Waals surface area (Å²) in [4.78, 5) is 6.30. The Labute approximate surface area is 87.6 Å². The van der Waals surface area contributed by atoms with Crippen molar-refractivity contribution in [2.75, 3.05) is 4.90 Å². The Kier molecular flexibility index (Phi) is 1.71. The van der Waals surface area contributed by atoms with Gasteiger partial charge in [0.15, 0.2) is 0 Å². The molecule has 0 atom stereocenters. The molecule has 2 N–H and O–H groups in total. The molecular formula is C11H10N4. The Morgan fingerprint density at radius 3 is 2.87 bits per heavy atom. The van der Waals surface area contributed by atoms with Crippen LogP contribution in [0.2, 0.25) is 0 Å². The molecule has 2 aliphatic heterocycles.